The molecule has 0 amide bonds. The van der Waals surface area contributed by atoms with Gasteiger partial charge in [0.25, 0.3) is 0 Å². The molecule has 1 N–H and O–H groups in total. The summed E-state index contributed by atoms with van der Waals surface area (Å²) in [5, 5.41) is 9.58. The van der Waals surface area contributed by atoms with Crippen LogP contribution in [0.25, 0.3) is 0 Å². The van der Waals surface area contributed by atoms with Gasteiger partial charge in [-0.05, 0) is 24.3 Å². The van der Waals surface area contributed by atoms with Crippen molar-refractivity contribution in [3.63, 3.8) is 0 Å². The molecule has 2 rings (SSSR count). The van der Waals surface area contributed by atoms with E-state index in [1.807, 2.05) is 0 Å². The summed E-state index contributed by atoms with van der Waals surface area (Å²) < 4.78 is 18.8. The van der Waals surface area contributed by atoms with Crippen molar-refractivity contribution >= 4 is 11.6 Å². The van der Waals surface area contributed by atoms with Gasteiger partial charge in [0.15, 0.2) is 11.6 Å². The number of hydrogen-bond donors (Lipinski definition) is 1. The number of ether oxygens (including phenoxy) is 1. The number of aliphatic hydroxyl groups excluding tert-OH is 1. The Kier molecular flexibility index (Phi) is 3.61. The van der Waals surface area contributed by atoms with Crippen molar-refractivity contribution in [2.45, 2.75) is 6.61 Å². The highest BCUT2D eigenvalue weighted by molar-refractivity contribution is 6.31. The number of aliphatic hydroxyl groups is 1. The normalized spacial score (nSPS) is 10.3. The van der Waals surface area contributed by atoms with Crippen LogP contribution in [-0.2, 0) is 6.61 Å². The summed E-state index contributed by atoms with van der Waals surface area (Å²) in [5.41, 5.74) is 0.442. The van der Waals surface area contributed by atoms with E-state index in [-0.39, 0.29) is 12.4 Å². The van der Waals surface area contributed by atoms with Gasteiger partial charge in [0.2, 0.25) is 0 Å². The van der Waals surface area contributed by atoms with Crippen LogP contribution in [0.15, 0.2) is 42.5 Å². The summed E-state index contributed by atoms with van der Waals surface area (Å²) in [6, 6.07) is 11.0. The molecule has 0 aliphatic rings. The van der Waals surface area contributed by atoms with Crippen molar-refractivity contribution in [2.75, 3.05) is 0 Å². The lowest BCUT2D eigenvalue weighted by Crippen LogP contribution is -1.94. The van der Waals surface area contributed by atoms with Crippen LogP contribution >= 0.6 is 11.6 Å². The Bertz CT molecular complexity index is 529. The van der Waals surface area contributed by atoms with E-state index in [9.17, 15) is 9.50 Å². The topological polar surface area (TPSA) is 29.5 Å². The van der Waals surface area contributed by atoms with E-state index in [1.54, 1.807) is 30.3 Å². The fourth-order valence-electron chi connectivity index (χ4n) is 1.43. The molecule has 2 nitrogen and oxygen atoms in total. The maximum absolute atomic E-state index is 13.4. The van der Waals surface area contributed by atoms with Gasteiger partial charge < -0.3 is 9.84 Å². The van der Waals surface area contributed by atoms with Gasteiger partial charge in [0.1, 0.15) is 5.75 Å². The van der Waals surface area contributed by atoms with Crippen LogP contribution in [0.4, 0.5) is 4.39 Å². The highest BCUT2D eigenvalue weighted by atomic mass is 35.5. The fourth-order valence-corrected chi connectivity index (χ4v) is 1.66. The van der Waals surface area contributed by atoms with Crippen LogP contribution in [0.2, 0.25) is 5.02 Å². The Balaban J connectivity index is 2.37. The number of hydrogen-bond acceptors (Lipinski definition) is 2. The quantitative estimate of drug-likeness (QED) is 0.901. The standard InChI is InChI=1S/C13H10ClFO2/c14-10-4-3-7-12(9(10)8-16)17-13-6-2-1-5-11(13)15/h1-7,16H,8H2. The predicted octanol–water partition coefficient (Wildman–Crippen LogP) is 3.76. The van der Waals surface area contributed by atoms with Crippen LogP contribution in [-0.4, -0.2) is 5.11 Å². The van der Waals surface area contributed by atoms with Gasteiger partial charge >= 0.3 is 0 Å². The molecule has 0 radical (unpaired) electrons. The van der Waals surface area contributed by atoms with Crippen molar-refractivity contribution in [3.05, 3.63) is 58.9 Å². The van der Waals surface area contributed by atoms with Gasteiger partial charge in [0, 0.05) is 10.6 Å². The number of benzene rings is 2. The van der Waals surface area contributed by atoms with Gasteiger partial charge in [-0.25, -0.2) is 4.39 Å². The van der Waals surface area contributed by atoms with Crippen molar-refractivity contribution in [2.24, 2.45) is 0 Å². The number of para-hydroxylation sites is 1. The third-order valence-corrected chi connectivity index (χ3v) is 2.64. The maximum Gasteiger partial charge on any atom is 0.165 e. The minimum Gasteiger partial charge on any atom is -0.454 e. The second kappa shape index (κ2) is 5.17. The first-order chi connectivity index (χ1) is 8.22. The molecule has 0 aromatic heterocycles. The van der Waals surface area contributed by atoms with Crippen LogP contribution in [0.5, 0.6) is 11.5 Å². The Morgan fingerprint density at radius 3 is 2.47 bits per heavy atom. The molecule has 88 valence electrons. The molecule has 0 spiro atoms. The minimum atomic E-state index is -0.462. The van der Waals surface area contributed by atoms with Crippen molar-refractivity contribution in [3.8, 4) is 11.5 Å². The summed E-state index contributed by atoms with van der Waals surface area (Å²) in [7, 11) is 0. The summed E-state index contributed by atoms with van der Waals surface area (Å²) >= 11 is 5.90. The summed E-state index contributed by atoms with van der Waals surface area (Å²) in [4.78, 5) is 0. The summed E-state index contributed by atoms with van der Waals surface area (Å²) in [6.45, 7) is -0.260. The zero-order chi connectivity index (χ0) is 12.3. The molecule has 2 aromatic carbocycles. The van der Waals surface area contributed by atoms with Gasteiger partial charge in [0.05, 0.1) is 6.61 Å². The molecule has 0 atom stereocenters. The summed E-state index contributed by atoms with van der Waals surface area (Å²) in [5.74, 6) is -0.00840. The molecule has 0 heterocycles. The molecule has 4 heteroatoms. The first kappa shape index (κ1) is 11.9. The average molecular weight is 253 g/mol. The van der Waals surface area contributed by atoms with E-state index in [1.165, 1.54) is 12.1 Å². The molecule has 17 heavy (non-hydrogen) atoms. The van der Waals surface area contributed by atoms with Gasteiger partial charge in [-0.1, -0.05) is 29.8 Å². The molecule has 2 aromatic rings. The number of halogens is 2. The summed E-state index contributed by atoms with van der Waals surface area (Å²) in [6.07, 6.45) is 0. The Morgan fingerprint density at radius 2 is 1.76 bits per heavy atom. The number of rotatable bonds is 3. The first-order valence-corrected chi connectivity index (χ1v) is 5.41. The van der Waals surface area contributed by atoms with Crippen molar-refractivity contribution in [1.29, 1.82) is 0 Å². The van der Waals surface area contributed by atoms with E-state index < -0.39 is 5.82 Å². The van der Waals surface area contributed by atoms with Crippen molar-refractivity contribution in [1.82, 2.24) is 0 Å². The van der Waals surface area contributed by atoms with Crippen LogP contribution in [0.3, 0.4) is 0 Å². The maximum atomic E-state index is 13.4. The van der Waals surface area contributed by atoms with E-state index in [0.717, 1.165) is 0 Å². The lowest BCUT2D eigenvalue weighted by atomic mass is 10.2. The lowest BCUT2D eigenvalue weighted by molar-refractivity contribution is 0.276. The highest BCUT2D eigenvalue weighted by Gasteiger charge is 2.10. The van der Waals surface area contributed by atoms with Gasteiger partial charge in [-0.2, -0.15) is 0 Å². The first-order valence-electron chi connectivity index (χ1n) is 5.03. The predicted molar refractivity (Wildman–Crippen MR) is 63.8 cm³/mol. The second-order valence-electron chi connectivity index (χ2n) is 3.41. The van der Waals surface area contributed by atoms with E-state index in [2.05, 4.69) is 0 Å². The molecule has 0 unspecified atom stereocenters. The second-order valence-corrected chi connectivity index (χ2v) is 3.81. The van der Waals surface area contributed by atoms with Crippen LogP contribution in [0, 0.1) is 5.82 Å². The third-order valence-electron chi connectivity index (χ3n) is 2.29. The van der Waals surface area contributed by atoms with Gasteiger partial charge in [-0.15, -0.1) is 0 Å². The zero-order valence-electron chi connectivity index (χ0n) is 8.86. The Morgan fingerprint density at radius 1 is 1.06 bits per heavy atom. The average Bonchev–Trinajstić information content (AvgIpc) is 2.32. The SMILES string of the molecule is OCc1c(Cl)cccc1Oc1ccccc1F. The van der Waals surface area contributed by atoms with Crippen LogP contribution in [0.1, 0.15) is 5.56 Å². The Hall–Kier alpha value is -1.58. The zero-order valence-corrected chi connectivity index (χ0v) is 9.62. The minimum absolute atomic E-state index is 0.101. The van der Waals surface area contributed by atoms with Gasteiger partial charge in [-0.3, -0.25) is 0 Å². The van der Waals surface area contributed by atoms with Crippen molar-refractivity contribution < 1.29 is 14.2 Å². The molecular formula is C13H10ClFO2. The Labute approximate surface area is 103 Å². The molecular weight excluding hydrogens is 243 g/mol. The van der Waals surface area contributed by atoms with Crippen LogP contribution < -0.4 is 4.74 Å². The molecule has 0 saturated carbocycles. The smallest absolute Gasteiger partial charge is 0.165 e. The van der Waals surface area contributed by atoms with E-state index in [4.69, 9.17) is 16.3 Å². The van der Waals surface area contributed by atoms with E-state index >= 15 is 0 Å². The fraction of sp³-hybridized carbons (Fsp3) is 0.0769. The van der Waals surface area contributed by atoms with E-state index in [0.29, 0.717) is 16.3 Å². The molecule has 0 aliphatic heterocycles. The largest absolute Gasteiger partial charge is 0.454 e. The molecule has 0 bridgehead atoms. The lowest BCUT2D eigenvalue weighted by Gasteiger charge is -2.11. The molecule has 0 aliphatic carbocycles. The monoisotopic (exact) mass is 252 g/mol. The molecule has 0 fully saturated rings. The third kappa shape index (κ3) is 2.57. The molecule has 0 saturated heterocycles. The highest BCUT2D eigenvalue weighted by Crippen LogP contribution is 2.31.